The summed E-state index contributed by atoms with van der Waals surface area (Å²) in [5.41, 5.74) is 9.76. The van der Waals surface area contributed by atoms with E-state index >= 15 is 0 Å². The Morgan fingerprint density at radius 3 is 2.47 bits per heavy atom. The Hall–Kier alpha value is -3.13. The molecule has 0 N–H and O–H groups in total. The van der Waals surface area contributed by atoms with E-state index in [0.29, 0.717) is 11.8 Å². The van der Waals surface area contributed by atoms with Crippen LogP contribution in [-0.2, 0) is 7.05 Å². The Bertz CT molecular complexity index is 1730. The Morgan fingerprint density at radius 2 is 1.68 bits per heavy atom. The molecular weight excluding hydrogens is 412 g/mol. The molecule has 2 heteroatoms. The van der Waals surface area contributed by atoms with E-state index in [2.05, 4.69) is 91.5 Å². The minimum absolute atomic E-state index is 0.522. The first kappa shape index (κ1) is 20.3. The van der Waals surface area contributed by atoms with Gasteiger partial charge < -0.3 is 4.40 Å². The van der Waals surface area contributed by atoms with Crippen LogP contribution in [0.2, 0.25) is 0 Å². The number of rotatable bonds is 2. The first-order valence-corrected chi connectivity index (χ1v) is 13.1. The summed E-state index contributed by atoms with van der Waals surface area (Å²) < 4.78 is 4.94. The largest absolute Gasteiger partial charge is 0.307 e. The summed E-state index contributed by atoms with van der Waals surface area (Å²) in [6, 6.07) is 19.2. The molecule has 0 atom stereocenters. The quantitative estimate of drug-likeness (QED) is 0.144. The molecule has 1 aliphatic rings. The van der Waals surface area contributed by atoms with Crippen LogP contribution in [0.25, 0.3) is 49.0 Å². The van der Waals surface area contributed by atoms with Gasteiger partial charge >= 0.3 is 0 Å². The first-order valence-electron chi connectivity index (χ1n) is 13.1. The van der Waals surface area contributed by atoms with Crippen LogP contribution in [0.3, 0.4) is 0 Å². The van der Waals surface area contributed by atoms with Gasteiger partial charge in [-0.2, -0.15) is 0 Å². The van der Waals surface area contributed by atoms with Crippen LogP contribution in [0.1, 0.15) is 74.5 Å². The number of hydrogen-bond acceptors (Lipinski definition) is 0. The number of aryl methyl sites for hydroxylation is 2. The third-order valence-electron chi connectivity index (χ3n) is 8.62. The molecule has 0 spiro atoms. The molecule has 34 heavy (non-hydrogen) atoms. The van der Waals surface area contributed by atoms with E-state index in [9.17, 15) is 0 Å². The van der Waals surface area contributed by atoms with E-state index in [0.717, 1.165) is 0 Å². The highest BCUT2D eigenvalue weighted by Gasteiger charge is 2.26. The van der Waals surface area contributed by atoms with E-state index in [1.165, 1.54) is 97.8 Å². The molecule has 0 saturated heterocycles. The van der Waals surface area contributed by atoms with Gasteiger partial charge in [-0.05, 0) is 71.9 Å². The van der Waals surface area contributed by atoms with Crippen LogP contribution in [0.4, 0.5) is 0 Å². The van der Waals surface area contributed by atoms with E-state index < -0.39 is 0 Å². The van der Waals surface area contributed by atoms with E-state index in [1.54, 1.807) is 0 Å². The lowest BCUT2D eigenvalue weighted by Crippen LogP contribution is -2.29. The fraction of sp³-hybridized carbons (Fsp3) is 0.344. The second-order valence-electron chi connectivity index (χ2n) is 11.0. The van der Waals surface area contributed by atoms with Gasteiger partial charge in [0.25, 0.3) is 0 Å². The molecule has 2 nitrogen and oxygen atoms in total. The van der Waals surface area contributed by atoms with Crippen molar-refractivity contribution in [1.82, 2.24) is 4.40 Å². The first-order chi connectivity index (χ1) is 16.5. The van der Waals surface area contributed by atoms with Crippen molar-refractivity contribution in [2.24, 2.45) is 7.05 Å². The summed E-state index contributed by atoms with van der Waals surface area (Å²) in [6.45, 7) is 6.86. The zero-order valence-electron chi connectivity index (χ0n) is 20.8. The molecule has 3 aromatic carbocycles. The van der Waals surface area contributed by atoms with E-state index in [1.807, 2.05) is 0 Å². The zero-order valence-corrected chi connectivity index (χ0v) is 20.8. The van der Waals surface area contributed by atoms with Crippen LogP contribution in [0.5, 0.6) is 0 Å². The van der Waals surface area contributed by atoms with Gasteiger partial charge in [0.05, 0.1) is 27.3 Å². The summed E-state index contributed by atoms with van der Waals surface area (Å²) in [5.74, 6) is 1.21. The summed E-state index contributed by atoms with van der Waals surface area (Å²) >= 11 is 0. The number of pyridine rings is 2. The Balaban J connectivity index is 1.74. The third kappa shape index (κ3) is 2.66. The average molecular weight is 446 g/mol. The lowest BCUT2D eigenvalue weighted by Gasteiger charge is -2.23. The molecule has 7 rings (SSSR count). The van der Waals surface area contributed by atoms with Gasteiger partial charge in [-0.25, -0.2) is 4.57 Å². The zero-order chi connectivity index (χ0) is 23.1. The highest BCUT2D eigenvalue weighted by Crippen LogP contribution is 2.43. The van der Waals surface area contributed by atoms with Crippen molar-refractivity contribution in [2.75, 3.05) is 0 Å². The smallest absolute Gasteiger partial charge is 0.224 e. The van der Waals surface area contributed by atoms with Gasteiger partial charge in [0.2, 0.25) is 5.52 Å². The molecule has 0 unspecified atom stereocenters. The number of aromatic nitrogens is 2. The highest BCUT2D eigenvalue weighted by atomic mass is 15.0. The molecule has 0 bridgehead atoms. The summed E-state index contributed by atoms with van der Waals surface area (Å²) in [4.78, 5) is 0. The summed E-state index contributed by atoms with van der Waals surface area (Å²) in [5, 5.41) is 6.94. The SMILES string of the molecule is Cc1ccc2c3cc(C(C)C)ccc3n3c4cc(C5CCCCC5)cc5cc[n+](C)c(c1c23)c54. The third-order valence-corrected chi connectivity index (χ3v) is 8.62. The molecule has 1 saturated carbocycles. The van der Waals surface area contributed by atoms with Crippen LogP contribution in [0.15, 0.2) is 54.7 Å². The van der Waals surface area contributed by atoms with Crippen molar-refractivity contribution < 1.29 is 4.57 Å². The molecule has 0 aliphatic heterocycles. The minimum Gasteiger partial charge on any atom is -0.307 e. The van der Waals surface area contributed by atoms with Crippen molar-refractivity contribution >= 4 is 49.0 Å². The van der Waals surface area contributed by atoms with Crippen molar-refractivity contribution in [2.45, 2.75) is 64.7 Å². The predicted octanol–water partition coefficient (Wildman–Crippen LogP) is 8.29. The average Bonchev–Trinajstić information content (AvgIpc) is 3.19. The molecule has 0 radical (unpaired) electrons. The van der Waals surface area contributed by atoms with Crippen molar-refractivity contribution in [1.29, 1.82) is 0 Å². The summed E-state index contributed by atoms with van der Waals surface area (Å²) in [7, 11) is 2.21. The van der Waals surface area contributed by atoms with Gasteiger partial charge in [-0.3, -0.25) is 0 Å². The maximum Gasteiger partial charge on any atom is 0.224 e. The van der Waals surface area contributed by atoms with Crippen LogP contribution in [-0.4, -0.2) is 4.40 Å². The fourth-order valence-electron chi connectivity index (χ4n) is 6.79. The van der Waals surface area contributed by atoms with Crippen molar-refractivity contribution in [3.05, 3.63) is 71.4 Å². The number of nitrogens with zero attached hydrogens (tertiary/aromatic N) is 2. The molecule has 170 valence electrons. The summed E-state index contributed by atoms with van der Waals surface area (Å²) in [6.07, 6.45) is 9.04. The highest BCUT2D eigenvalue weighted by molar-refractivity contribution is 6.25. The molecule has 6 aromatic rings. The molecular formula is C32H33N2+. The number of hydrogen-bond donors (Lipinski definition) is 0. The van der Waals surface area contributed by atoms with Crippen LogP contribution in [0, 0.1) is 6.92 Å². The normalized spacial score (nSPS) is 15.8. The van der Waals surface area contributed by atoms with Gasteiger partial charge in [-0.15, -0.1) is 0 Å². The molecule has 3 aromatic heterocycles. The maximum atomic E-state index is 2.60. The number of fused-ring (bicyclic) bond motifs is 5. The topological polar surface area (TPSA) is 8.29 Å². The van der Waals surface area contributed by atoms with Crippen molar-refractivity contribution in [3.8, 4) is 0 Å². The molecule has 3 heterocycles. The lowest BCUT2D eigenvalue weighted by molar-refractivity contribution is -0.643. The Kier molecular flexibility index (Phi) is 4.28. The van der Waals surface area contributed by atoms with Crippen molar-refractivity contribution in [3.63, 3.8) is 0 Å². The number of benzene rings is 3. The minimum atomic E-state index is 0.522. The predicted molar refractivity (Wildman–Crippen MR) is 144 cm³/mol. The van der Waals surface area contributed by atoms with Gasteiger partial charge in [0.15, 0.2) is 6.20 Å². The Labute approximate surface area is 201 Å². The van der Waals surface area contributed by atoms with Gasteiger partial charge in [0.1, 0.15) is 7.05 Å². The standard InChI is InChI=1S/C32H33N2/c1-19(2)22-11-13-27-26(17-22)25-12-10-20(3)29-31(25)34(27)28-18-24(21-8-6-5-7-9-21)16-23-14-15-33(4)32(29)30(23)28/h10-19,21H,5-9H2,1-4H3/q+1. The fourth-order valence-corrected chi connectivity index (χ4v) is 6.79. The van der Waals surface area contributed by atoms with E-state index in [-0.39, 0.29) is 0 Å². The maximum absolute atomic E-state index is 2.60. The monoisotopic (exact) mass is 445 g/mol. The molecule has 1 aliphatic carbocycles. The van der Waals surface area contributed by atoms with Gasteiger partial charge in [0, 0.05) is 16.8 Å². The Morgan fingerprint density at radius 1 is 0.853 bits per heavy atom. The molecule has 0 amide bonds. The van der Waals surface area contributed by atoms with Gasteiger partial charge in [-0.1, -0.05) is 57.4 Å². The lowest BCUT2D eigenvalue weighted by atomic mass is 9.83. The van der Waals surface area contributed by atoms with Crippen LogP contribution < -0.4 is 4.57 Å². The van der Waals surface area contributed by atoms with E-state index in [4.69, 9.17) is 0 Å². The second-order valence-corrected chi connectivity index (χ2v) is 11.0. The van der Waals surface area contributed by atoms with Crippen LogP contribution >= 0.6 is 0 Å². The second kappa shape index (κ2) is 7.18. The molecule has 1 fully saturated rings.